The van der Waals surface area contributed by atoms with Gasteiger partial charge in [0.05, 0.1) is 13.1 Å². The Bertz CT molecular complexity index is 124. The van der Waals surface area contributed by atoms with Gasteiger partial charge in [0.15, 0.2) is 6.54 Å². The summed E-state index contributed by atoms with van der Waals surface area (Å²) in [4.78, 5) is 12.2. The third-order valence-corrected chi connectivity index (χ3v) is 1.74. The van der Waals surface area contributed by atoms with Crippen LogP contribution in [0.4, 0.5) is 0 Å². The van der Waals surface area contributed by atoms with E-state index in [0.29, 0.717) is 6.54 Å². The van der Waals surface area contributed by atoms with E-state index in [1.807, 2.05) is 0 Å². The average molecular weight is 145 g/mol. The Morgan fingerprint density at radius 2 is 2.50 bits per heavy atom. The molecule has 0 aliphatic carbocycles. The lowest BCUT2D eigenvalue weighted by Crippen LogP contribution is -3.16. The smallest absolute Gasteiger partial charge is 0.275 e. The number of piperazine rings is 1. The summed E-state index contributed by atoms with van der Waals surface area (Å²) < 4.78 is 0. The fraction of sp³-hybridized carbons (Fsp3) is 0.833. The van der Waals surface area contributed by atoms with Gasteiger partial charge in [-0.05, 0) is 0 Å². The standard InChI is InChI=1S/C6H13N3O/c7-1-3-9-4-2-8-6(10)5-9/h1-5,7H2,(H,8,10)/p+2. The van der Waals surface area contributed by atoms with E-state index >= 15 is 0 Å². The van der Waals surface area contributed by atoms with Crippen LogP contribution in [-0.4, -0.2) is 38.6 Å². The zero-order chi connectivity index (χ0) is 7.40. The van der Waals surface area contributed by atoms with Crippen LogP contribution in [0.25, 0.3) is 0 Å². The van der Waals surface area contributed by atoms with E-state index < -0.39 is 0 Å². The summed E-state index contributed by atoms with van der Waals surface area (Å²) in [6, 6.07) is 0. The molecule has 1 unspecified atom stereocenters. The first kappa shape index (κ1) is 7.50. The van der Waals surface area contributed by atoms with Crippen molar-refractivity contribution in [2.24, 2.45) is 0 Å². The van der Waals surface area contributed by atoms with Gasteiger partial charge in [0.25, 0.3) is 5.91 Å². The minimum Gasteiger partial charge on any atom is -0.353 e. The Kier molecular flexibility index (Phi) is 2.65. The SMILES string of the molecule is [NH3+]CC[NH+]1CCNC(=O)C1. The summed E-state index contributed by atoms with van der Waals surface area (Å²) in [5.74, 6) is 0.176. The highest BCUT2D eigenvalue weighted by Gasteiger charge is 2.18. The molecule has 0 aromatic carbocycles. The summed E-state index contributed by atoms with van der Waals surface area (Å²) in [5.41, 5.74) is 3.75. The zero-order valence-electron chi connectivity index (χ0n) is 6.15. The second-order valence-electron chi connectivity index (χ2n) is 2.63. The highest BCUT2D eigenvalue weighted by Crippen LogP contribution is 1.65. The molecular weight excluding hydrogens is 130 g/mol. The lowest BCUT2D eigenvalue weighted by atomic mass is 10.3. The van der Waals surface area contributed by atoms with E-state index in [1.54, 1.807) is 0 Å². The maximum atomic E-state index is 10.8. The van der Waals surface area contributed by atoms with Crippen molar-refractivity contribution in [3.05, 3.63) is 0 Å². The van der Waals surface area contributed by atoms with Crippen LogP contribution in [0, 0.1) is 0 Å². The Morgan fingerprint density at radius 1 is 1.70 bits per heavy atom. The monoisotopic (exact) mass is 145 g/mol. The molecule has 0 bridgehead atoms. The van der Waals surface area contributed by atoms with Crippen LogP contribution in [0.15, 0.2) is 0 Å². The fourth-order valence-electron chi connectivity index (χ4n) is 1.22. The fourth-order valence-corrected chi connectivity index (χ4v) is 1.22. The number of quaternary nitrogens is 2. The minimum absolute atomic E-state index is 0.176. The quantitative estimate of drug-likeness (QED) is 0.367. The van der Waals surface area contributed by atoms with E-state index in [9.17, 15) is 4.79 Å². The molecule has 1 aliphatic rings. The molecule has 1 atom stereocenters. The molecule has 0 radical (unpaired) electrons. The van der Waals surface area contributed by atoms with Crippen molar-refractivity contribution in [2.75, 3.05) is 32.7 Å². The van der Waals surface area contributed by atoms with Gasteiger partial charge in [-0.2, -0.15) is 0 Å². The lowest BCUT2D eigenvalue weighted by Gasteiger charge is -2.21. The number of amides is 1. The maximum Gasteiger partial charge on any atom is 0.275 e. The number of nitrogens with one attached hydrogen (secondary N) is 2. The molecule has 10 heavy (non-hydrogen) atoms. The van der Waals surface area contributed by atoms with Gasteiger partial charge in [0.1, 0.15) is 13.1 Å². The van der Waals surface area contributed by atoms with Gasteiger partial charge in [-0.25, -0.2) is 0 Å². The van der Waals surface area contributed by atoms with E-state index in [0.717, 1.165) is 26.2 Å². The third kappa shape index (κ3) is 1.97. The molecule has 0 saturated carbocycles. The molecule has 5 N–H and O–H groups in total. The van der Waals surface area contributed by atoms with Crippen LogP contribution in [-0.2, 0) is 4.79 Å². The van der Waals surface area contributed by atoms with E-state index in [4.69, 9.17) is 0 Å². The lowest BCUT2D eigenvalue weighted by molar-refractivity contribution is -0.898. The molecule has 1 heterocycles. The van der Waals surface area contributed by atoms with Crippen molar-refractivity contribution in [3.63, 3.8) is 0 Å². The summed E-state index contributed by atoms with van der Waals surface area (Å²) in [6.45, 7) is 4.46. The van der Waals surface area contributed by atoms with Crippen molar-refractivity contribution in [3.8, 4) is 0 Å². The first-order valence-corrected chi connectivity index (χ1v) is 3.72. The third-order valence-electron chi connectivity index (χ3n) is 1.74. The zero-order valence-corrected chi connectivity index (χ0v) is 6.15. The molecule has 1 fully saturated rings. The molecule has 58 valence electrons. The van der Waals surface area contributed by atoms with Crippen LogP contribution in [0.5, 0.6) is 0 Å². The number of hydrogen-bond donors (Lipinski definition) is 3. The predicted octanol–water partition coefficient (Wildman–Crippen LogP) is -3.76. The highest BCUT2D eigenvalue weighted by atomic mass is 16.2. The van der Waals surface area contributed by atoms with E-state index in [1.165, 1.54) is 4.90 Å². The van der Waals surface area contributed by atoms with Gasteiger partial charge in [-0.15, -0.1) is 0 Å². The van der Waals surface area contributed by atoms with Crippen LogP contribution in [0.1, 0.15) is 0 Å². The molecule has 0 spiro atoms. The van der Waals surface area contributed by atoms with Crippen molar-refractivity contribution >= 4 is 5.91 Å². The molecular formula is C6H15N3O+2. The molecule has 4 heteroatoms. The van der Waals surface area contributed by atoms with Crippen molar-refractivity contribution in [1.82, 2.24) is 5.32 Å². The number of hydrogen-bond acceptors (Lipinski definition) is 1. The topological polar surface area (TPSA) is 61.2 Å². The predicted molar refractivity (Wildman–Crippen MR) is 36.3 cm³/mol. The molecule has 1 aliphatic heterocycles. The maximum absolute atomic E-state index is 10.8. The van der Waals surface area contributed by atoms with Gasteiger partial charge >= 0.3 is 0 Å². The van der Waals surface area contributed by atoms with Crippen LogP contribution in [0.3, 0.4) is 0 Å². The molecule has 1 saturated heterocycles. The molecule has 1 rings (SSSR count). The number of carbonyl (C=O) groups is 1. The van der Waals surface area contributed by atoms with Gasteiger partial charge in [0, 0.05) is 0 Å². The Hall–Kier alpha value is -0.610. The van der Waals surface area contributed by atoms with Crippen molar-refractivity contribution in [1.29, 1.82) is 0 Å². The number of carbonyl (C=O) groups excluding carboxylic acids is 1. The summed E-state index contributed by atoms with van der Waals surface area (Å²) in [5, 5.41) is 2.79. The number of rotatable bonds is 2. The van der Waals surface area contributed by atoms with E-state index in [-0.39, 0.29) is 5.91 Å². The summed E-state index contributed by atoms with van der Waals surface area (Å²) in [6.07, 6.45) is 0. The normalized spacial score (nSPS) is 26.1. The molecule has 0 aromatic heterocycles. The molecule has 0 aromatic rings. The van der Waals surface area contributed by atoms with Crippen molar-refractivity contribution < 1.29 is 15.4 Å². The first-order chi connectivity index (χ1) is 4.83. The second-order valence-corrected chi connectivity index (χ2v) is 2.63. The van der Waals surface area contributed by atoms with Crippen LogP contribution >= 0.6 is 0 Å². The van der Waals surface area contributed by atoms with Gasteiger partial charge < -0.3 is 16.0 Å². The summed E-state index contributed by atoms with van der Waals surface area (Å²) in [7, 11) is 0. The van der Waals surface area contributed by atoms with Crippen LogP contribution < -0.4 is 16.0 Å². The summed E-state index contributed by atoms with van der Waals surface area (Å²) >= 11 is 0. The minimum atomic E-state index is 0.176. The molecule has 4 nitrogen and oxygen atoms in total. The average Bonchev–Trinajstić information content (AvgIpc) is 1.88. The van der Waals surface area contributed by atoms with Gasteiger partial charge in [-0.1, -0.05) is 0 Å². The highest BCUT2D eigenvalue weighted by molar-refractivity contribution is 5.77. The van der Waals surface area contributed by atoms with Gasteiger partial charge in [-0.3, -0.25) is 4.79 Å². The Balaban J connectivity index is 2.25. The van der Waals surface area contributed by atoms with Gasteiger partial charge in [0.2, 0.25) is 0 Å². The Morgan fingerprint density at radius 3 is 3.10 bits per heavy atom. The molecule has 1 amide bonds. The Labute approximate surface area is 60.4 Å². The first-order valence-electron chi connectivity index (χ1n) is 3.72. The van der Waals surface area contributed by atoms with Crippen LogP contribution in [0.2, 0.25) is 0 Å². The van der Waals surface area contributed by atoms with E-state index in [2.05, 4.69) is 11.1 Å². The van der Waals surface area contributed by atoms with Crippen molar-refractivity contribution in [2.45, 2.75) is 0 Å². The largest absolute Gasteiger partial charge is 0.353 e. The second kappa shape index (κ2) is 3.53.